The maximum atomic E-state index is 12.6. The van der Waals surface area contributed by atoms with E-state index in [0.717, 1.165) is 17.7 Å². The summed E-state index contributed by atoms with van der Waals surface area (Å²) in [6, 6.07) is 11.8. The molecule has 0 fully saturated rings. The number of carbonyl (C=O) groups excluding carboxylic acids is 2. The lowest BCUT2D eigenvalue weighted by molar-refractivity contribution is -0.137. The predicted octanol–water partition coefficient (Wildman–Crippen LogP) is 5.21. The monoisotopic (exact) mass is 392 g/mol. The Morgan fingerprint density at radius 1 is 1.00 bits per heavy atom. The Bertz CT molecular complexity index is 813. The highest BCUT2D eigenvalue weighted by Gasteiger charge is 2.30. The summed E-state index contributed by atoms with van der Waals surface area (Å²) in [5.41, 5.74) is 1.33. The summed E-state index contributed by atoms with van der Waals surface area (Å²) in [5, 5.41) is 2.55. The van der Waals surface area contributed by atoms with Crippen LogP contribution in [-0.2, 0) is 15.8 Å². The molecule has 0 aliphatic rings. The topological polar surface area (TPSA) is 49.4 Å². The smallest absolute Gasteiger partial charge is 0.326 e. The molecule has 0 spiro atoms. The Morgan fingerprint density at radius 2 is 1.57 bits per heavy atom. The lowest BCUT2D eigenvalue weighted by Gasteiger charge is -2.21. The Balaban J connectivity index is 1.97. The van der Waals surface area contributed by atoms with E-state index < -0.39 is 11.7 Å². The first-order valence-electron chi connectivity index (χ1n) is 8.93. The standard InChI is InChI=1S/C21H23F3N2O2/c1-14(2)16-4-10-19(11-5-16)26(15(3)27)13-12-20(28)25-18-8-6-17(7-9-18)21(22,23)24/h4-11,14H,12-13H2,1-3H3,(H,25,28). The van der Waals surface area contributed by atoms with E-state index >= 15 is 0 Å². The van der Waals surface area contributed by atoms with Gasteiger partial charge in [0.15, 0.2) is 0 Å². The van der Waals surface area contributed by atoms with E-state index in [-0.39, 0.29) is 30.5 Å². The fraction of sp³-hybridized carbons (Fsp3) is 0.333. The summed E-state index contributed by atoms with van der Waals surface area (Å²) in [7, 11) is 0. The Kier molecular flexibility index (Phi) is 6.83. The van der Waals surface area contributed by atoms with Gasteiger partial charge in [-0.15, -0.1) is 0 Å². The first kappa shape index (κ1) is 21.5. The molecule has 0 unspecified atom stereocenters. The first-order valence-corrected chi connectivity index (χ1v) is 8.93. The van der Waals surface area contributed by atoms with Crippen molar-refractivity contribution >= 4 is 23.2 Å². The van der Waals surface area contributed by atoms with Crippen LogP contribution in [-0.4, -0.2) is 18.4 Å². The second-order valence-electron chi connectivity index (χ2n) is 6.79. The summed E-state index contributed by atoms with van der Waals surface area (Å²) < 4.78 is 37.7. The molecule has 4 nitrogen and oxygen atoms in total. The van der Waals surface area contributed by atoms with Gasteiger partial charge in [0.05, 0.1) is 5.56 Å². The third kappa shape index (κ3) is 5.84. The normalized spacial score (nSPS) is 11.4. The van der Waals surface area contributed by atoms with Gasteiger partial charge < -0.3 is 10.2 Å². The molecule has 2 aromatic rings. The molecule has 0 aliphatic carbocycles. The van der Waals surface area contributed by atoms with Gasteiger partial charge in [-0.2, -0.15) is 13.2 Å². The maximum absolute atomic E-state index is 12.6. The van der Waals surface area contributed by atoms with E-state index in [1.807, 2.05) is 24.3 Å². The van der Waals surface area contributed by atoms with Crippen LogP contribution in [0.25, 0.3) is 0 Å². The molecular weight excluding hydrogens is 369 g/mol. The van der Waals surface area contributed by atoms with Gasteiger partial charge >= 0.3 is 6.18 Å². The van der Waals surface area contributed by atoms with Crippen LogP contribution in [0.15, 0.2) is 48.5 Å². The number of hydrogen-bond donors (Lipinski definition) is 1. The Hall–Kier alpha value is -2.83. The number of anilines is 2. The lowest BCUT2D eigenvalue weighted by atomic mass is 10.0. The van der Waals surface area contributed by atoms with Crippen LogP contribution < -0.4 is 10.2 Å². The minimum absolute atomic E-state index is 0.0204. The molecule has 0 bridgehead atoms. The summed E-state index contributed by atoms with van der Waals surface area (Å²) in [6.45, 7) is 5.74. The highest BCUT2D eigenvalue weighted by atomic mass is 19.4. The zero-order valence-corrected chi connectivity index (χ0v) is 16.0. The van der Waals surface area contributed by atoms with Gasteiger partial charge in [-0.05, 0) is 47.9 Å². The Labute approximate surface area is 162 Å². The van der Waals surface area contributed by atoms with Gasteiger partial charge in [0, 0.05) is 31.3 Å². The number of nitrogens with one attached hydrogen (secondary N) is 1. The van der Waals surface area contributed by atoms with Gasteiger partial charge in [-0.1, -0.05) is 26.0 Å². The van der Waals surface area contributed by atoms with E-state index in [4.69, 9.17) is 0 Å². The van der Waals surface area contributed by atoms with Crippen LogP contribution in [0.5, 0.6) is 0 Å². The summed E-state index contributed by atoms with van der Waals surface area (Å²) in [6.07, 6.45) is -4.40. The Morgan fingerprint density at radius 3 is 2.04 bits per heavy atom. The number of amides is 2. The van der Waals surface area contributed by atoms with Crippen LogP contribution in [0.2, 0.25) is 0 Å². The SMILES string of the molecule is CC(=O)N(CCC(=O)Nc1ccc(C(F)(F)F)cc1)c1ccc(C(C)C)cc1. The molecule has 1 N–H and O–H groups in total. The van der Waals surface area contributed by atoms with Gasteiger partial charge in [-0.3, -0.25) is 9.59 Å². The largest absolute Gasteiger partial charge is 0.416 e. The molecule has 0 saturated carbocycles. The van der Waals surface area contributed by atoms with Crippen molar-refractivity contribution in [2.75, 3.05) is 16.8 Å². The zero-order valence-electron chi connectivity index (χ0n) is 16.0. The third-order valence-corrected chi connectivity index (χ3v) is 4.31. The minimum atomic E-state index is -4.42. The quantitative estimate of drug-likeness (QED) is 0.734. The van der Waals surface area contributed by atoms with Crippen molar-refractivity contribution < 1.29 is 22.8 Å². The van der Waals surface area contributed by atoms with E-state index in [9.17, 15) is 22.8 Å². The molecule has 0 saturated heterocycles. The second kappa shape index (κ2) is 8.91. The molecule has 7 heteroatoms. The van der Waals surface area contributed by atoms with Crippen molar-refractivity contribution in [3.63, 3.8) is 0 Å². The van der Waals surface area contributed by atoms with E-state index in [0.29, 0.717) is 11.6 Å². The van der Waals surface area contributed by atoms with Crippen LogP contribution in [0.4, 0.5) is 24.5 Å². The maximum Gasteiger partial charge on any atom is 0.416 e. The summed E-state index contributed by atoms with van der Waals surface area (Å²) in [5.74, 6) is -0.209. The number of nitrogens with zero attached hydrogens (tertiary/aromatic N) is 1. The van der Waals surface area contributed by atoms with E-state index in [1.165, 1.54) is 24.0 Å². The molecular formula is C21H23F3N2O2. The number of halogens is 3. The number of hydrogen-bond acceptors (Lipinski definition) is 2. The molecule has 2 rings (SSSR count). The number of rotatable bonds is 6. The van der Waals surface area contributed by atoms with Crippen molar-refractivity contribution in [3.05, 3.63) is 59.7 Å². The van der Waals surface area contributed by atoms with Gasteiger partial charge in [0.2, 0.25) is 11.8 Å². The molecule has 0 aliphatic heterocycles. The summed E-state index contributed by atoms with van der Waals surface area (Å²) in [4.78, 5) is 25.6. The number of carbonyl (C=O) groups is 2. The van der Waals surface area contributed by atoms with Gasteiger partial charge in [-0.25, -0.2) is 0 Å². The van der Waals surface area contributed by atoms with Gasteiger partial charge in [0.25, 0.3) is 0 Å². The van der Waals surface area contributed by atoms with Crippen molar-refractivity contribution in [2.24, 2.45) is 0 Å². The molecule has 28 heavy (non-hydrogen) atoms. The fourth-order valence-corrected chi connectivity index (χ4v) is 2.69. The molecule has 0 heterocycles. The van der Waals surface area contributed by atoms with Crippen LogP contribution in [0.3, 0.4) is 0 Å². The van der Waals surface area contributed by atoms with Crippen LogP contribution >= 0.6 is 0 Å². The predicted molar refractivity (Wildman–Crippen MR) is 103 cm³/mol. The van der Waals surface area contributed by atoms with Crippen LogP contribution in [0.1, 0.15) is 44.2 Å². The number of alkyl halides is 3. The average Bonchev–Trinajstić information content (AvgIpc) is 2.61. The van der Waals surface area contributed by atoms with Gasteiger partial charge in [0.1, 0.15) is 0 Å². The first-order chi connectivity index (χ1) is 13.1. The molecule has 0 radical (unpaired) electrons. The molecule has 0 aromatic heterocycles. The van der Waals surface area contributed by atoms with E-state index in [2.05, 4.69) is 19.2 Å². The van der Waals surface area contributed by atoms with E-state index in [1.54, 1.807) is 0 Å². The molecule has 2 aromatic carbocycles. The average molecular weight is 392 g/mol. The highest BCUT2D eigenvalue weighted by molar-refractivity contribution is 5.94. The molecule has 0 atom stereocenters. The van der Waals surface area contributed by atoms with Crippen molar-refractivity contribution in [1.29, 1.82) is 0 Å². The zero-order chi connectivity index (χ0) is 20.9. The lowest BCUT2D eigenvalue weighted by Crippen LogP contribution is -2.31. The van der Waals surface area contributed by atoms with Crippen molar-refractivity contribution in [2.45, 2.75) is 39.3 Å². The molecule has 150 valence electrons. The second-order valence-corrected chi connectivity index (χ2v) is 6.79. The highest BCUT2D eigenvalue weighted by Crippen LogP contribution is 2.29. The summed E-state index contributed by atoms with van der Waals surface area (Å²) >= 11 is 0. The van der Waals surface area contributed by atoms with Crippen LogP contribution in [0, 0.1) is 0 Å². The van der Waals surface area contributed by atoms with Crippen molar-refractivity contribution in [3.8, 4) is 0 Å². The number of benzene rings is 2. The van der Waals surface area contributed by atoms with Crippen molar-refractivity contribution in [1.82, 2.24) is 0 Å². The molecule has 2 amide bonds. The minimum Gasteiger partial charge on any atom is -0.326 e. The third-order valence-electron chi connectivity index (χ3n) is 4.31. The fourth-order valence-electron chi connectivity index (χ4n) is 2.69.